The van der Waals surface area contributed by atoms with Crippen LogP contribution < -0.4 is 0 Å². The molecule has 0 aliphatic heterocycles. The van der Waals surface area contributed by atoms with Gasteiger partial charge in [0.2, 0.25) is 0 Å². The highest BCUT2D eigenvalue weighted by molar-refractivity contribution is 7.17. The van der Waals surface area contributed by atoms with Gasteiger partial charge in [0, 0.05) is 65.0 Å². The van der Waals surface area contributed by atoms with E-state index in [1.54, 1.807) is 0 Å². The van der Waals surface area contributed by atoms with E-state index in [0.29, 0.717) is 0 Å². The molecule has 4 heterocycles. The largest absolute Gasteiger partial charge is 0.309 e. The van der Waals surface area contributed by atoms with E-state index in [0.717, 1.165) is 5.69 Å². The van der Waals surface area contributed by atoms with E-state index in [2.05, 4.69) is 250 Å². The highest BCUT2D eigenvalue weighted by Crippen LogP contribution is 2.42. The molecule has 14 rings (SSSR count). The Labute approximate surface area is 384 Å². The number of nitrogens with zero attached hydrogens (tertiary/aromatic N) is 3. The highest BCUT2D eigenvalue weighted by Gasteiger charge is 2.19. The van der Waals surface area contributed by atoms with Gasteiger partial charge in [-0.25, -0.2) is 0 Å². The Morgan fingerprint density at radius 3 is 1.03 bits per heavy atom. The van der Waals surface area contributed by atoms with Gasteiger partial charge in [0.05, 0.1) is 33.1 Å². The minimum Gasteiger partial charge on any atom is -0.309 e. The molecule has 4 aromatic heterocycles. The van der Waals surface area contributed by atoms with Crippen LogP contribution in [0.25, 0.3) is 126 Å². The predicted octanol–water partition coefficient (Wildman–Crippen LogP) is 17.2. The molecule has 66 heavy (non-hydrogen) atoms. The van der Waals surface area contributed by atoms with Crippen LogP contribution in [0.15, 0.2) is 236 Å². The van der Waals surface area contributed by atoms with E-state index in [-0.39, 0.29) is 0 Å². The fourth-order valence-corrected chi connectivity index (χ4v) is 11.6. The molecule has 0 unspecified atom stereocenters. The summed E-state index contributed by atoms with van der Waals surface area (Å²) in [5, 5.41) is 11.1. The number of rotatable bonds is 6. The number of hydrogen-bond donors (Lipinski definition) is 0. The molecular weight excluding hydrogens is 819 g/mol. The smallest absolute Gasteiger partial charge is 0.0541 e. The van der Waals surface area contributed by atoms with Gasteiger partial charge in [0.25, 0.3) is 0 Å². The number of thiophene rings is 1. The quantitative estimate of drug-likeness (QED) is 0.158. The summed E-state index contributed by atoms with van der Waals surface area (Å²) in [5.74, 6) is 0. The molecule has 10 aromatic carbocycles. The monoisotopic (exact) mass is 857 g/mol. The minimum atomic E-state index is 1.14. The average molecular weight is 858 g/mol. The van der Waals surface area contributed by atoms with Gasteiger partial charge >= 0.3 is 0 Å². The number of fused-ring (bicyclic) bond motifs is 10. The van der Waals surface area contributed by atoms with Crippen LogP contribution in [0.3, 0.4) is 0 Å². The van der Waals surface area contributed by atoms with Crippen molar-refractivity contribution in [2.24, 2.45) is 0 Å². The van der Waals surface area contributed by atoms with Gasteiger partial charge in [-0.15, -0.1) is 11.3 Å². The van der Waals surface area contributed by atoms with Crippen LogP contribution >= 0.6 is 11.3 Å². The van der Waals surface area contributed by atoms with Crippen molar-refractivity contribution >= 4 is 86.8 Å². The van der Waals surface area contributed by atoms with Gasteiger partial charge in [-0.1, -0.05) is 127 Å². The molecule has 0 N–H and O–H groups in total. The van der Waals surface area contributed by atoms with Crippen LogP contribution in [0.2, 0.25) is 0 Å². The van der Waals surface area contributed by atoms with E-state index < -0.39 is 0 Å². The number of hydrogen-bond acceptors (Lipinski definition) is 1. The van der Waals surface area contributed by atoms with Gasteiger partial charge in [0.1, 0.15) is 0 Å². The fourth-order valence-electron chi connectivity index (χ4n) is 10.7. The van der Waals surface area contributed by atoms with Gasteiger partial charge in [-0.3, -0.25) is 0 Å². The van der Waals surface area contributed by atoms with E-state index in [1.165, 1.54) is 120 Å². The zero-order chi connectivity index (χ0) is 43.3. The summed E-state index contributed by atoms with van der Waals surface area (Å²) in [4.78, 5) is 0. The molecule has 0 bridgehead atoms. The summed E-state index contributed by atoms with van der Waals surface area (Å²) in [5.41, 5.74) is 18.0. The van der Waals surface area contributed by atoms with E-state index >= 15 is 0 Å². The van der Waals surface area contributed by atoms with Crippen LogP contribution in [0, 0.1) is 0 Å². The van der Waals surface area contributed by atoms with Crippen molar-refractivity contribution < 1.29 is 0 Å². The Kier molecular flexibility index (Phi) is 8.15. The summed E-state index contributed by atoms with van der Waals surface area (Å²) >= 11 is 1.81. The number of para-hydroxylation sites is 4. The lowest BCUT2D eigenvalue weighted by molar-refractivity contribution is 1.18. The Hall–Kier alpha value is -8.44. The Morgan fingerprint density at radius 2 is 0.576 bits per heavy atom. The van der Waals surface area contributed by atoms with Crippen LogP contribution in [-0.2, 0) is 0 Å². The molecule has 308 valence electrons. The summed E-state index contributed by atoms with van der Waals surface area (Å²) in [6.07, 6.45) is 0. The van der Waals surface area contributed by atoms with Crippen molar-refractivity contribution in [3.05, 3.63) is 236 Å². The summed E-state index contributed by atoms with van der Waals surface area (Å²) in [6, 6.07) is 84.8. The van der Waals surface area contributed by atoms with Crippen molar-refractivity contribution in [2.45, 2.75) is 0 Å². The molecule has 0 saturated heterocycles. The lowest BCUT2D eigenvalue weighted by Gasteiger charge is -2.10. The Morgan fingerprint density at radius 1 is 0.242 bits per heavy atom. The van der Waals surface area contributed by atoms with E-state index in [1.807, 2.05) is 11.3 Å². The first-order chi connectivity index (χ1) is 32.7. The van der Waals surface area contributed by atoms with Crippen LogP contribution in [0.4, 0.5) is 0 Å². The Bertz CT molecular complexity index is 3990. The third kappa shape index (κ3) is 5.62. The van der Waals surface area contributed by atoms with E-state index in [9.17, 15) is 0 Å². The predicted molar refractivity (Wildman–Crippen MR) is 281 cm³/mol. The summed E-state index contributed by atoms with van der Waals surface area (Å²) in [6.45, 7) is 0. The molecule has 0 aliphatic rings. The van der Waals surface area contributed by atoms with Crippen LogP contribution in [0.5, 0.6) is 0 Å². The van der Waals surface area contributed by atoms with Gasteiger partial charge in [-0.05, 0) is 136 Å². The van der Waals surface area contributed by atoms with Crippen molar-refractivity contribution in [2.75, 3.05) is 0 Å². The molecule has 0 atom stereocenters. The molecule has 0 aliphatic carbocycles. The fraction of sp³-hybridized carbons (Fsp3) is 0. The van der Waals surface area contributed by atoms with Crippen molar-refractivity contribution in [1.82, 2.24) is 13.7 Å². The lowest BCUT2D eigenvalue weighted by atomic mass is 9.98. The molecule has 0 spiro atoms. The topological polar surface area (TPSA) is 14.8 Å². The normalized spacial score (nSPS) is 11.9. The van der Waals surface area contributed by atoms with Gasteiger partial charge < -0.3 is 13.7 Å². The second kappa shape index (κ2) is 14.5. The second-order valence-corrected chi connectivity index (χ2v) is 18.2. The first kappa shape index (κ1) is 37.0. The van der Waals surface area contributed by atoms with Gasteiger partial charge in [0.15, 0.2) is 0 Å². The van der Waals surface area contributed by atoms with Crippen molar-refractivity contribution in [3.8, 4) is 50.4 Å². The third-order valence-corrected chi connectivity index (χ3v) is 14.7. The highest BCUT2D eigenvalue weighted by atomic mass is 32.1. The maximum absolute atomic E-state index is 2.45. The zero-order valence-electron chi connectivity index (χ0n) is 35.8. The molecular formula is C62H39N3S. The lowest BCUT2D eigenvalue weighted by Crippen LogP contribution is -1.94. The van der Waals surface area contributed by atoms with E-state index in [4.69, 9.17) is 0 Å². The summed E-state index contributed by atoms with van der Waals surface area (Å²) < 4.78 is 8.53. The average Bonchev–Trinajstić information content (AvgIpc) is 4.14. The minimum absolute atomic E-state index is 1.14. The second-order valence-electron chi connectivity index (χ2n) is 17.3. The molecule has 4 heteroatoms. The zero-order valence-corrected chi connectivity index (χ0v) is 36.6. The molecule has 3 nitrogen and oxygen atoms in total. The molecule has 0 amide bonds. The number of benzene rings is 10. The maximum Gasteiger partial charge on any atom is 0.0541 e. The summed E-state index contributed by atoms with van der Waals surface area (Å²) in [7, 11) is 0. The standard InChI is InChI=1S/C62H39N3S/c1-3-13-45(14-4-1)63-56-20-10-7-17-48(56)51-35-41(25-31-58(51)63)43-27-33-60-53(37-43)54-38-44(42-26-32-59-52(36-42)49-18-8-11-21-57(49)64(59)46-15-5-2-6-16-46)28-34-61(54)65(60)47-29-23-40(24-30-47)55-39-66-62-22-12-9-19-50(55)62/h1-39H. The third-order valence-electron chi connectivity index (χ3n) is 13.7. The van der Waals surface area contributed by atoms with Crippen LogP contribution in [-0.4, -0.2) is 13.7 Å². The molecule has 14 aromatic rings. The first-order valence-electron chi connectivity index (χ1n) is 22.6. The maximum atomic E-state index is 2.45. The number of aromatic nitrogens is 3. The van der Waals surface area contributed by atoms with Crippen molar-refractivity contribution in [3.63, 3.8) is 0 Å². The Balaban J connectivity index is 0.954. The molecule has 0 saturated carbocycles. The molecule has 0 fully saturated rings. The van der Waals surface area contributed by atoms with Gasteiger partial charge in [-0.2, -0.15) is 0 Å². The first-order valence-corrected chi connectivity index (χ1v) is 23.4. The molecule has 0 radical (unpaired) electrons. The van der Waals surface area contributed by atoms with Crippen molar-refractivity contribution in [1.29, 1.82) is 0 Å². The van der Waals surface area contributed by atoms with Crippen LogP contribution in [0.1, 0.15) is 0 Å². The SMILES string of the molecule is c1ccc(-n2c3ccccc3c3cc(-c4ccc5c(c4)c4cc(-c6ccc7c(c6)c6ccccc6n7-c6ccccc6)ccc4n5-c4ccc(-c5csc6ccccc56)cc4)ccc32)cc1.